The van der Waals surface area contributed by atoms with Gasteiger partial charge in [-0.1, -0.05) is 20.3 Å². The van der Waals surface area contributed by atoms with Gasteiger partial charge < -0.3 is 5.73 Å². The molecule has 0 aromatic rings. The molecule has 1 heterocycles. The molecular weight excluding hydrogens is 256 g/mol. The highest BCUT2D eigenvalue weighted by Crippen LogP contribution is 2.24. The number of nitrogens with two attached hydrogens (primary N) is 1. The van der Waals surface area contributed by atoms with Gasteiger partial charge in [0.25, 0.3) is 0 Å². The fourth-order valence-electron chi connectivity index (χ4n) is 2.27. The molecule has 1 saturated heterocycles. The molecule has 0 spiro atoms. The molecule has 0 aromatic carbocycles. The lowest BCUT2D eigenvalue weighted by Crippen LogP contribution is -2.54. The summed E-state index contributed by atoms with van der Waals surface area (Å²) in [5.74, 6) is 1.92. The Morgan fingerprint density at radius 2 is 2.18 bits per heavy atom. The minimum Gasteiger partial charge on any atom is -0.329 e. The molecule has 6 heteroatoms. The molecule has 0 amide bonds. The minimum absolute atomic E-state index is 0.215. The highest BCUT2D eigenvalue weighted by atomic mass is 32.2. The summed E-state index contributed by atoms with van der Waals surface area (Å²) in [5, 5.41) is -0.327. The number of hydrogen-bond acceptors (Lipinski definition) is 5. The fraction of sp³-hybridized carbons (Fsp3) is 1.00. The van der Waals surface area contributed by atoms with Crippen LogP contribution < -0.4 is 5.73 Å². The van der Waals surface area contributed by atoms with Crippen LogP contribution in [0.2, 0.25) is 0 Å². The molecule has 1 rings (SSSR count). The quantitative estimate of drug-likeness (QED) is 0.784. The van der Waals surface area contributed by atoms with Gasteiger partial charge in [-0.15, -0.1) is 0 Å². The van der Waals surface area contributed by atoms with Crippen LogP contribution in [0.15, 0.2) is 0 Å². The van der Waals surface area contributed by atoms with E-state index in [1.807, 2.05) is 0 Å². The van der Waals surface area contributed by atoms with E-state index >= 15 is 0 Å². The lowest BCUT2D eigenvalue weighted by atomic mass is 10.1. The molecule has 0 bridgehead atoms. The predicted molar refractivity (Wildman–Crippen MR) is 75.0 cm³/mol. The maximum absolute atomic E-state index is 12.1. The summed E-state index contributed by atoms with van der Waals surface area (Å²) >= 11 is 1.73. The van der Waals surface area contributed by atoms with Crippen molar-refractivity contribution in [3.05, 3.63) is 0 Å². The molecule has 1 fully saturated rings. The van der Waals surface area contributed by atoms with Gasteiger partial charge in [0.1, 0.15) is 5.37 Å². The third kappa shape index (κ3) is 3.84. The summed E-state index contributed by atoms with van der Waals surface area (Å²) in [7, 11) is -2.99. The Labute approximate surface area is 109 Å². The lowest BCUT2D eigenvalue weighted by Gasteiger charge is -2.39. The van der Waals surface area contributed by atoms with Crippen molar-refractivity contribution in [1.82, 2.24) is 4.90 Å². The van der Waals surface area contributed by atoms with Gasteiger partial charge in [-0.25, -0.2) is 8.42 Å². The largest absolute Gasteiger partial charge is 0.329 e. The third-order valence-electron chi connectivity index (χ3n) is 3.30. The van der Waals surface area contributed by atoms with Crippen molar-refractivity contribution in [3.8, 4) is 0 Å². The first-order chi connectivity index (χ1) is 8.06. The zero-order chi connectivity index (χ0) is 12.9. The number of nitrogens with zero attached hydrogens (tertiary/aromatic N) is 1. The third-order valence-corrected chi connectivity index (χ3v) is 6.61. The van der Waals surface area contributed by atoms with Crippen molar-refractivity contribution in [1.29, 1.82) is 0 Å². The molecule has 1 aliphatic heterocycles. The molecule has 17 heavy (non-hydrogen) atoms. The first-order valence-corrected chi connectivity index (χ1v) is 9.19. The number of hydrogen-bond donors (Lipinski definition) is 1. The van der Waals surface area contributed by atoms with Gasteiger partial charge in [-0.2, -0.15) is 11.8 Å². The normalized spacial score (nSPS) is 24.8. The summed E-state index contributed by atoms with van der Waals surface area (Å²) in [6.45, 7) is 5.24. The molecule has 0 saturated carbocycles. The molecule has 2 unspecified atom stereocenters. The average Bonchev–Trinajstić information content (AvgIpc) is 2.36. The first-order valence-electron chi connectivity index (χ1n) is 6.31. The van der Waals surface area contributed by atoms with Crippen LogP contribution in [0.25, 0.3) is 0 Å². The summed E-state index contributed by atoms with van der Waals surface area (Å²) in [5.41, 5.74) is 5.79. The Bertz CT molecular complexity index is 319. The molecule has 2 N–H and O–H groups in total. The minimum atomic E-state index is -2.99. The number of rotatable bonds is 6. The molecule has 4 nitrogen and oxygen atoms in total. The molecule has 2 atom stereocenters. The summed E-state index contributed by atoms with van der Waals surface area (Å²) in [6.07, 6.45) is 2.03. The van der Waals surface area contributed by atoms with E-state index in [0.29, 0.717) is 12.3 Å². The first kappa shape index (κ1) is 15.3. The zero-order valence-electron chi connectivity index (χ0n) is 10.8. The Morgan fingerprint density at radius 1 is 1.47 bits per heavy atom. The van der Waals surface area contributed by atoms with E-state index in [1.165, 1.54) is 0 Å². The lowest BCUT2D eigenvalue weighted by molar-refractivity contribution is 0.186. The van der Waals surface area contributed by atoms with Crippen molar-refractivity contribution >= 4 is 21.6 Å². The van der Waals surface area contributed by atoms with Gasteiger partial charge in [-0.05, 0) is 6.42 Å². The Morgan fingerprint density at radius 3 is 2.71 bits per heavy atom. The summed E-state index contributed by atoms with van der Waals surface area (Å²) < 4.78 is 24.2. The average molecular weight is 280 g/mol. The zero-order valence-corrected chi connectivity index (χ0v) is 12.4. The van der Waals surface area contributed by atoms with E-state index in [1.54, 1.807) is 18.7 Å². The Kier molecular flexibility index (Phi) is 6.26. The van der Waals surface area contributed by atoms with Gasteiger partial charge in [-0.3, -0.25) is 4.90 Å². The van der Waals surface area contributed by atoms with Gasteiger partial charge in [0, 0.05) is 36.4 Å². The van der Waals surface area contributed by atoms with Crippen LogP contribution in [0, 0.1) is 0 Å². The van der Waals surface area contributed by atoms with E-state index < -0.39 is 9.84 Å². The monoisotopic (exact) mass is 280 g/mol. The van der Waals surface area contributed by atoms with Crippen molar-refractivity contribution in [2.75, 3.05) is 30.3 Å². The van der Waals surface area contributed by atoms with Gasteiger partial charge in [0.05, 0.1) is 0 Å². The number of sulfone groups is 1. The van der Waals surface area contributed by atoms with Crippen LogP contribution in [-0.2, 0) is 9.84 Å². The van der Waals surface area contributed by atoms with Crippen molar-refractivity contribution in [3.63, 3.8) is 0 Å². The Hall–Kier alpha value is 0.220. The van der Waals surface area contributed by atoms with Crippen LogP contribution in [0.3, 0.4) is 0 Å². The van der Waals surface area contributed by atoms with E-state index in [0.717, 1.165) is 25.1 Å². The predicted octanol–water partition coefficient (Wildman–Crippen LogP) is 0.923. The highest BCUT2D eigenvalue weighted by Gasteiger charge is 2.35. The van der Waals surface area contributed by atoms with Crippen LogP contribution in [0.1, 0.15) is 26.7 Å². The number of thioether (sulfide) groups is 1. The second-order valence-electron chi connectivity index (χ2n) is 4.40. The molecule has 102 valence electrons. The van der Waals surface area contributed by atoms with Crippen molar-refractivity contribution < 1.29 is 8.42 Å². The van der Waals surface area contributed by atoms with Crippen LogP contribution in [0.4, 0.5) is 0 Å². The van der Waals surface area contributed by atoms with E-state index in [4.69, 9.17) is 5.73 Å². The summed E-state index contributed by atoms with van der Waals surface area (Å²) in [4.78, 5) is 2.12. The smallest absolute Gasteiger partial charge is 0.166 e. The SMILES string of the molecule is CCCC(CN)N1CCSCC1S(=O)(=O)CC. The summed E-state index contributed by atoms with van der Waals surface area (Å²) in [6, 6.07) is 0.215. The molecule has 0 radical (unpaired) electrons. The fourth-order valence-corrected chi connectivity index (χ4v) is 5.36. The highest BCUT2D eigenvalue weighted by molar-refractivity contribution is 8.01. The molecule has 1 aliphatic rings. The molecular formula is C11H24N2O2S2. The van der Waals surface area contributed by atoms with Gasteiger partial charge in [0.15, 0.2) is 9.84 Å². The second-order valence-corrected chi connectivity index (χ2v) is 7.99. The Balaban J connectivity index is 2.85. The topological polar surface area (TPSA) is 63.4 Å². The van der Waals surface area contributed by atoms with E-state index in [9.17, 15) is 8.42 Å². The second kappa shape index (κ2) is 6.97. The maximum Gasteiger partial charge on any atom is 0.166 e. The van der Waals surface area contributed by atoms with Crippen molar-refractivity contribution in [2.24, 2.45) is 5.73 Å². The van der Waals surface area contributed by atoms with Gasteiger partial charge in [0.2, 0.25) is 0 Å². The van der Waals surface area contributed by atoms with Crippen molar-refractivity contribution in [2.45, 2.75) is 38.1 Å². The maximum atomic E-state index is 12.1. The van der Waals surface area contributed by atoms with Crippen LogP contribution in [-0.4, -0.2) is 55.1 Å². The van der Waals surface area contributed by atoms with E-state index in [-0.39, 0.29) is 17.2 Å². The van der Waals surface area contributed by atoms with Crippen LogP contribution >= 0.6 is 11.8 Å². The standard InChI is InChI=1S/C11H24N2O2S2/c1-3-5-10(8-12)13-6-7-16-9-11(13)17(14,15)4-2/h10-11H,3-9,12H2,1-2H3. The molecule has 0 aliphatic carbocycles. The van der Waals surface area contributed by atoms with Gasteiger partial charge >= 0.3 is 0 Å². The van der Waals surface area contributed by atoms with Crippen LogP contribution in [0.5, 0.6) is 0 Å². The molecule has 0 aromatic heterocycles. The van der Waals surface area contributed by atoms with E-state index in [2.05, 4.69) is 11.8 Å².